The second-order valence-electron chi connectivity index (χ2n) is 7.88. The molecule has 0 rings (SSSR count). The molecule has 0 saturated carbocycles. The smallest absolute Gasteiger partial charge is 0.410 e. The SMILES string of the molecule is CN(CCOCCOCCOCCOCCOCCOCCOCCI)C(=O)OC(C)(C)C. The van der Waals surface area contributed by atoms with Gasteiger partial charge < -0.3 is 42.8 Å². The Labute approximate surface area is 212 Å². The minimum atomic E-state index is -0.498. The van der Waals surface area contributed by atoms with Gasteiger partial charge in [0.05, 0.1) is 92.5 Å². The van der Waals surface area contributed by atoms with Crippen molar-refractivity contribution in [1.29, 1.82) is 0 Å². The molecule has 0 aromatic rings. The molecule has 11 heteroatoms. The first-order valence-electron chi connectivity index (χ1n) is 11.4. The maximum atomic E-state index is 11.8. The fraction of sp³-hybridized carbons (Fsp3) is 0.955. The van der Waals surface area contributed by atoms with Crippen molar-refractivity contribution in [2.75, 3.05) is 111 Å². The topological polar surface area (TPSA) is 94.2 Å². The zero-order valence-corrected chi connectivity index (χ0v) is 23.0. The molecule has 33 heavy (non-hydrogen) atoms. The van der Waals surface area contributed by atoms with Crippen LogP contribution in [-0.2, 0) is 37.9 Å². The number of amides is 1. The number of carbonyl (C=O) groups is 1. The molecule has 0 aliphatic carbocycles. The van der Waals surface area contributed by atoms with Gasteiger partial charge in [-0.3, -0.25) is 0 Å². The molecular formula is C22H44INO9. The molecule has 0 saturated heterocycles. The Balaban J connectivity index is 3.19. The summed E-state index contributed by atoms with van der Waals surface area (Å²) in [6, 6.07) is 0. The zero-order valence-electron chi connectivity index (χ0n) is 20.8. The average molecular weight is 593 g/mol. The van der Waals surface area contributed by atoms with Crippen LogP contribution in [0.2, 0.25) is 0 Å². The van der Waals surface area contributed by atoms with Gasteiger partial charge in [0, 0.05) is 18.0 Å². The van der Waals surface area contributed by atoms with E-state index in [0.717, 1.165) is 11.0 Å². The summed E-state index contributed by atoms with van der Waals surface area (Å²) in [6.07, 6.45) is -0.357. The van der Waals surface area contributed by atoms with Gasteiger partial charge >= 0.3 is 6.09 Å². The fourth-order valence-corrected chi connectivity index (χ4v) is 2.42. The zero-order chi connectivity index (χ0) is 24.6. The quantitative estimate of drug-likeness (QED) is 0.101. The van der Waals surface area contributed by atoms with Gasteiger partial charge in [0.15, 0.2) is 0 Å². The molecular weight excluding hydrogens is 549 g/mol. The fourth-order valence-electron chi connectivity index (χ4n) is 2.11. The number of rotatable bonds is 23. The number of nitrogens with zero attached hydrogens (tertiary/aromatic N) is 1. The second kappa shape index (κ2) is 23.5. The van der Waals surface area contributed by atoms with Gasteiger partial charge in [-0.25, -0.2) is 4.79 Å². The third-order valence-electron chi connectivity index (χ3n) is 3.73. The highest BCUT2D eigenvalue weighted by molar-refractivity contribution is 14.1. The van der Waals surface area contributed by atoms with Crippen LogP contribution in [-0.4, -0.2) is 127 Å². The molecule has 0 fully saturated rings. The van der Waals surface area contributed by atoms with Gasteiger partial charge in [-0.15, -0.1) is 0 Å². The highest BCUT2D eigenvalue weighted by Crippen LogP contribution is 2.08. The maximum Gasteiger partial charge on any atom is 0.410 e. The van der Waals surface area contributed by atoms with Crippen molar-refractivity contribution in [3.8, 4) is 0 Å². The molecule has 0 aliphatic heterocycles. The third kappa shape index (κ3) is 26.2. The lowest BCUT2D eigenvalue weighted by Gasteiger charge is -2.24. The highest BCUT2D eigenvalue weighted by Gasteiger charge is 2.19. The summed E-state index contributed by atoms with van der Waals surface area (Å²) in [6.45, 7) is 13.5. The molecule has 0 radical (unpaired) electrons. The standard InChI is InChI=1S/C22H44INO9/c1-22(2,3)33-21(25)24(4)6-8-27-10-12-29-14-16-31-18-20-32-19-17-30-15-13-28-11-9-26-7-5-23/h5-20H2,1-4H3. The lowest BCUT2D eigenvalue weighted by atomic mass is 10.2. The number of carbonyl (C=O) groups excluding carboxylic acids is 1. The van der Waals surface area contributed by atoms with Gasteiger partial charge in [-0.1, -0.05) is 22.6 Å². The van der Waals surface area contributed by atoms with Crippen LogP contribution >= 0.6 is 22.6 Å². The molecule has 1 amide bonds. The monoisotopic (exact) mass is 593 g/mol. The summed E-state index contributed by atoms with van der Waals surface area (Å²) in [5.74, 6) is 0. The number of alkyl halides is 1. The molecule has 0 atom stereocenters. The Morgan fingerprint density at radius 1 is 0.606 bits per heavy atom. The largest absolute Gasteiger partial charge is 0.444 e. The normalized spacial score (nSPS) is 11.7. The van der Waals surface area contributed by atoms with E-state index in [-0.39, 0.29) is 6.09 Å². The van der Waals surface area contributed by atoms with E-state index in [9.17, 15) is 4.79 Å². The lowest BCUT2D eigenvalue weighted by Crippen LogP contribution is -2.36. The van der Waals surface area contributed by atoms with E-state index < -0.39 is 5.60 Å². The van der Waals surface area contributed by atoms with E-state index in [2.05, 4.69) is 22.6 Å². The molecule has 0 aromatic heterocycles. The van der Waals surface area contributed by atoms with E-state index in [0.29, 0.717) is 92.4 Å². The lowest BCUT2D eigenvalue weighted by molar-refractivity contribution is -0.0208. The van der Waals surface area contributed by atoms with Crippen LogP contribution in [0, 0.1) is 0 Å². The number of halogens is 1. The first-order chi connectivity index (χ1) is 15.9. The van der Waals surface area contributed by atoms with Crippen molar-refractivity contribution in [3.05, 3.63) is 0 Å². The summed E-state index contributed by atoms with van der Waals surface area (Å²) in [5, 5.41) is 0. The van der Waals surface area contributed by atoms with Crippen LogP contribution in [0.3, 0.4) is 0 Å². The van der Waals surface area contributed by atoms with Crippen molar-refractivity contribution < 1.29 is 42.7 Å². The molecule has 0 aromatic carbocycles. The predicted octanol–water partition coefficient (Wildman–Crippen LogP) is 2.40. The van der Waals surface area contributed by atoms with Crippen LogP contribution in [0.25, 0.3) is 0 Å². The van der Waals surface area contributed by atoms with E-state index in [1.165, 1.54) is 4.90 Å². The van der Waals surface area contributed by atoms with Crippen molar-refractivity contribution in [1.82, 2.24) is 4.90 Å². The van der Waals surface area contributed by atoms with Gasteiger partial charge in [0.1, 0.15) is 5.60 Å². The molecule has 0 heterocycles. The summed E-state index contributed by atoms with van der Waals surface area (Å²) in [4.78, 5) is 13.3. The van der Waals surface area contributed by atoms with Crippen LogP contribution in [0.15, 0.2) is 0 Å². The van der Waals surface area contributed by atoms with Crippen LogP contribution < -0.4 is 0 Å². The van der Waals surface area contributed by atoms with Crippen molar-refractivity contribution >= 4 is 28.7 Å². The van der Waals surface area contributed by atoms with Gasteiger partial charge in [0.25, 0.3) is 0 Å². The van der Waals surface area contributed by atoms with E-state index in [1.807, 2.05) is 20.8 Å². The van der Waals surface area contributed by atoms with Crippen LogP contribution in [0.5, 0.6) is 0 Å². The third-order valence-corrected chi connectivity index (χ3v) is 4.17. The minimum absolute atomic E-state index is 0.357. The second-order valence-corrected chi connectivity index (χ2v) is 8.96. The van der Waals surface area contributed by atoms with E-state index in [4.69, 9.17) is 37.9 Å². The first-order valence-corrected chi connectivity index (χ1v) is 12.9. The molecule has 0 unspecified atom stereocenters. The average Bonchev–Trinajstić information content (AvgIpc) is 2.76. The number of ether oxygens (including phenoxy) is 8. The Morgan fingerprint density at radius 2 is 0.909 bits per heavy atom. The Morgan fingerprint density at radius 3 is 1.21 bits per heavy atom. The van der Waals surface area contributed by atoms with Gasteiger partial charge in [-0.05, 0) is 20.8 Å². The minimum Gasteiger partial charge on any atom is -0.444 e. The number of likely N-dealkylation sites (N-methyl/N-ethyl adjacent to an activating group) is 1. The molecule has 0 aliphatic rings. The Hall–Kier alpha value is -0.280. The molecule has 0 bridgehead atoms. The van der Waals surface area contributed by atoms with E-state index in [1.54, 1.807) is 7.05 Å². The molecule has 198 valence electrons. The number of hydrogen-bond donors (Lipinski definition) is 0. The van der Waals surface area contributed by atoms with Crippen molar-refractivity contribution in [2.24, 2.45) is 0 Å². The van der Waals surface area contributed by atoms with Crippen LogP contribution in [0.1, 0.15) is 20.8 Å². The van der Waals surface area contributed by atoms with E-state index >= 15 is 0 Å². The maximum absolute atomic E-state index is 11.8. The first kappa shape index (κ1) is 32.7. The highest BCUT2D eigenvalue weighted by atomic mass is 127. The molecule has 0 spiro atoms. The Kier molecular flexibility index (Phi) is 23.3. The summed E-state index contributed by atoms with van der Waals surface area (Å²) in [5.41, 5.74) is -0.498. The molecule has 10 nitrogen and oxygen atoms in total. The summed E-state index contributed by atoms with van der Waals surface area (Å²) < 4.78 is 44.1. The summed E-state index contributed by atoms with van der Waals surface area (Å²) in [7, 11) is 1.68. The molecule has 0 N–H and O–H groups in total. The van der Waals surface area contributed by atoms with Crippen molar-refractivity contribution in [2.45, 2.75) is 26.4 Å². The predicted molar refractivity (Wildman–Crippen MR) is 133 cm³/mol. The van der Waals surface area contributed by atoms with Crippen LogP contribution in [0.4, 0.5) is 4.79 Å². The van der Waals surface area contributed by atoms with Crippen molar-refractivity contribution in [3.63, 3.8) is 0 Å². The number of hydrogen-bond acceptors (Lipinski definition) is 9. The summed E-state index contributed by atoms with van der Waals surface area (Å²) >= 11 is 2.27. The van der Waals surface area contributed by atoms with Gasteiger partial charge in [0.2, 0.25) is 0 Å². The van der Waals surface area contributed by atoms with Gasteiger partial charge in [-0.2, -0.15) is 0 Å². The Bertz CT molecular complexity index is 439.